The third-order valence-electron chi connectivity index (χ3n) is 8.03. The van der Waals surface area contributed by atoms with Gasteiger partial charge in [0.05, 0.1) is 10.9 Å². The van der Waals surface area contributed by atoms with Crippen molar-refractivity contribution in [2.24, 2.45) is 17.1 Å². The number of amides is 2. The van der Waals surface area contributed by atoms with E-state index in [1.165, 1.54) is 22.6 Å². The van der Waals surface area contributed by atoms with Crippen LogP contribution >= 0.6 is 11.3 Å². The minimum Gasteiger partial charge on any atom is -0.348 e. The first-order chi connectivity index (χ1) is 18.2. The van der Waals surface area contributed by atoms with Crippen LogP contribution in [0, 0.1) is 11.3 Å². The lowest BCUT2D eigenvalue weighted by molar-refractivity contribution is 0.0934. The van der Waals surface area contributed by atoms with Gasteiger partial charge in [0.1, 0.15) is 4.83 Å². The van der Waals surface area contributed by atoms with E-state index in [2.05, 4.69) is 42.8 Å². The van der Waals surface area contributed by atoms with Gasteiger partial charge in [-0.05, 0) is 91.9 Å². The van der Waals surface area contributed by atoms with Crippen LogP contribution < -0.4 is 21.7 Å². The zero-order valence-electron chi connectivity index (χ0n) is 22.6. The summed E-state index contributed by atoms with van der Waals surface area (Å²) in [6.07, 6.45) is 4.70. The van der Waals surface area contributed by atoms with Crippen molar-refractivity contribution >= 4 is 33.4 Å². The van der Waals surface area contributed by atoms with Gasteiger partial charge in [-0.1, -0.05) is 32.9 Å². The molecule has 7 nitrogen and oxygen atoms in total. The quantitative estimate of drug-likeness (QED) is 0.361. The summed E-state index contributed by atoms with van der Waals surface area (Å²) in [7, 11) is 0. The van der Waals surface area contributed by atoms with Gasteiger partial charge in [-0.15, -0.1) is 11.3 Å². The maximum absolute atomic E-state index is 13.4. The van der Waals surface area contributed by atoms with Crippen LogP contribution in [0.3, 0.4) is 0 Å². The SMILES string of the molecule is CC(C)(C)[C@H]1CCc2nc3sc(C(=O)NC(CCN)c4cccc(C(=O)N[C@H]5CCNC5)c4)cc3cc2C1. The van der Waals surface area contributed by atoms with E-state index in [4.69, 9.17) is 10.7 Å². The molecule has 0 radical (unpaired) electrons. The fourth-order valence-corrected chi connectivity index (χ4v) is 6.57. The molecule has 3 heterocycles. The van der Waals surface area contributed by atoms with Gasteiger partial charge >= 0.3 is 0 Å². The summed E-state index contributed by atoms with van der Waals surface area (Å²) in [5.41, 5.74) is 10.2. The summed E-state index contributed by atoms with van der Waals surface area (Å²) in [4.78, 5) is 32.7. The average Bonchev–Trinajstić information content (AvgIpc) is 3.55. The highest BCUT2D eigenvalue weighted by Gasteiger charge is 2.30. The maximum Gasteiger partial charge on any atom is 0.261 e. The molecule has 38 heavy (non-hydrogen) atoms. The molecule has 2 aliphatic rings. The number of rotatable bonds is 7. The third-order valence-corrected chi connectivity index (χ3v) is 9.07. The van der Waals surface area contributed by atoms with E-state index in [0.717, 1.165) is 54.6 Å². The minimum absolute atomic E-state index is 0.0911. The molecule has 1 aliphatic heterocycles. The first kappa shape index (κ1) is 26.8. The number of fused-ring (bicyclic) bond motifs is 2. The van der Waals surface area contributed by atoms with Crippen molar-refractivity contribution in [2.45, 2.75) is 65.0 Å². The Hall–Kier alpha value is -2.81. The first-order valence-electron chi connectivity index (χ1n) is 13.8. The fraction of sp³-hybridized carbons (Fsp3) is 0.500. The van der Waals surface area contributed by atoms with Gasteiger partial charge in [0.15, 0.2) is 0 Å². The molecule has 3 aromatic rings. The molecule has 202 valence electrons. The number of aromatic nitrogens is 1. The number of nitrogens with two attached hydrogens (primary N) is 1. The zero-order chi connectivity index (χ0) is 26.9. The number of pyridine rings is 1. The molecule has 8 heteroatoms. The summed E-state index contributed by atoms with van der Waals surface area (Å²) < 4.78 is 0. The molecule has 1 fully saturated rings. The molecule has 5 rings (SSSR count). The molecule has 2 aromatic heterocycles. The number of benzene rings is 1. The Morgan fingerprint density at radius 1 is 1.18 bits per heavy atom. The highest BCUT2D eigenvalue weighted by molar-refractivity contribution is 7.20. The smallest absolute Gasteiger partial charge is 0.261 e. The molecule has 1 saturated heterocycles. The highest BCUT2D eigenvalue weighted by atomic mass is 32.1. The second-order valence-electron chi connectivity index (χ2n) is 11.8. The van der Waals surface area contributed by atoms with E-state index in [9.17, 15) is 9.59 Å². The predicted molar refractivity (Wildman–Crippen MR) is 154 cm³/mol. The van der Waals surface area contributed by atoms with E-state index in [1.54, 1.807) is 0 Å². The van der Waals surface area contributed by atoms with Gasteiger partial charge in [-0.3, -0.25) is 9.59 Å². The zero-order valence-corrected chi connectivity index (χ0v) is 23.4. The number of nitrogens with zero attached hydrogens (tertiary/aromatic N) is 1. The van der Waals surface area contributed by atoms with E-state index in [1.807, 2.05) is 30.3 Å². The number of hydrogen-bond donors (Lipinski definition) is 4. The van der Waals surface area contributed by atoms with Crippen LogP contribution in [0.25, 0.3) is 10.2 Å². The van der Waals surface area contributed by atoms with E-state index >= 15 is 0 Å². The fourth-order valence-electron chi connectivity index (χ4n) is 5.64. The molecule has 5 N–H and O–H groups in total. The average molecular weight is 534 g/mol. The molecular weight excluding hydrogens is 494 g/mol. The predicted octanol–water partition coefficient (Wildman–Crippen LogP) is 4.36. The van der Waals surface area contributed by atoms with E-state index in [0.29, 0.717) is 29.3 Å². The molecule has 1 unspecified atom stereocenters. The van der Waals surface area contributed by atoms with Gasteiger partial charge in [0.25, 0.3) is 11.8 Å². The van der Waals surface area contributed by atoms with Crippen LogP contribution in [-0.2, 0) is 12.8 Å². The Morgan fingerprint density at radius 2 is 2.03 bits per heavy atom. The molecule has 0 bridgehead atoms. The van der Waals surface area contributed by atoms with Crippen molar-refractivity contribution in [1.29, 1.82) is 0 Å². The largest absolute Gasteiger partial charge is 0.348 e. The highest BCUT2D eigenvalue weighted by Crippen LogP contribution is 2.38. The summed E-state index contributed by atoms with van der Waals surface area (Å²) in [6.45, 7) is 9.08. The molecule has 2 amide bonds. The monoisotopic (exact) mass is 533 g/mol. The summed E-state index contributed by atoms with van der Waals surface area (Å²) in [5, 5.41) is 10.6. The summed E-state index contributed by atoms with van der Waals surface area (Å²) in [5.74, 6) is 0.413. The number of nitrogens with one attached hydrogen (secondary N) is 3. The van der Waals surface area contributed by atoms with Gasteiger partial charge < -0.3 is 21.7 Å². The van der Waals surface area contributed by atoms with Gasteiger partial charge in [-0.2, -0.15) is 0 Å². The topological polar surface area (TPSA) is 109 Å². The van der Waals surface area contributed by atoms with Crippen LogP contribution in [-0.4, -0.2) is 42.5 Å². The van der Waals surface area contributed by atoms with Crippen molar-refractivity contribution in [3.05, 3.63) is 63.7 Å². The van der Waals surface area contributed by atoms with Gasteiger partial charge in [0, 0.05) is 29.2 Å². The van der Waals surface area contributed by atoms with Crippen molar-refractivity contribution in [1.82, 2.24) is 20.9 Å². The number of aryl methyl sites for hydroxylation is 1. The molecule has 3 atom stereocenters. The Balaban J connectivity index is 1.32. The lowest BCUT2D eigenvalue weighted by Crippen LogP contribution is -2.36. The first-order valence-corrected chi connectivity index (χ1v) is 14.6. The van der Waals surface area contributed by atoms with Crippen molar-refractivity contribution in [2.75, 3.05) is 19.6 Å². The number of thiophene rings is 1. The Kier molecular flexibility index (Phi) is 7.84. The van der Waals surface area contributed by atoms with Crippen molar-refractivity contribution < 1.29 is 9.59 Å². The minimum atomic E-state index is -0.285. The van der Waals surface area contributed by atoms with Crippen LogP contribution in [0.4, 0.5) is 0 Å². The van der Waals surface area contributed by atoms with Crippen LogP contribution in [0.1, 0.15) is 82.9 Å². The van der Waals surface area contributed by atoms with Crippen LogP contribution in [0.5, 0.6) is 0 Å². The number of hydrogen-bond acceptors (Lipinski definition) is 6. The lowest BCUT2D eigenvalue weighted by Gasteiger charge is -2.34. The molecule has 1 aliphatic carbocycles. The standard InChI is InChI=1S/C30H39N5O2S/c1-30(2,3)22-7-8-24-20(15-22)14-21-16-26(38-29(21)35-24)28(37)34-25(9-11-31)18-5-4-6-19(13-18)27(36)33-23-10-12-32-17-23/h4-6,13-14,16,22-23,25,32H,7-12,15,17,31H2,1-3H3,(H,33,36)(H,34,37)/t22-,23-,25?/m0/s1. The van der Waals surface area contributed by atoms with Crippen LogP contribution in [0.2, 0.25) is 0 Å². The summed E-state index contributed by atoms with van der Waals surface area (Å²) >= 11 is 1.44. The van der Waals surface area contributed by atoms with Crippen molar-refractivity contribution in [3.8, 4) is 0 Å². The maximum atomic E-state index is 13.4. The Morgan fingerprint density at radius 3 is 2.76 bits per heavy atom. The molecular formula is C30H39N5O2S. The molecule has 1 aromatic carbocycles. The Bertz CT molecular complexity index is 1320. The number of carbonyl (C=O) groups excluding carboxylic acids is 2. The summed E-state index contributed by atoms with van der Waals surface area (Å²) in [6, 6.07) is 11.6. The van der Waals surface area contributed by atoms with Crippen molar-refractivity contribution in [3.63, 3.8) is 0 Å². The van der Waals surface area contributed by atoms with E-state index in [-0.39, 0.29) is 29.3 Å². The Labute approximate surface area is 229 Å². The third kappa shape index (κ3) is 5.92. The van der Waals surface area contributed by atoms with Crippen LogP contribution in [0.15, 0.2) is 36.4 Å². The normalized spacial score (nSPS) is 20.2. The van der Waals surface area contributed by atoms with Gasteiger partial charge in [-0.25, -0.2) is 4.98 Å². The lowest BCUT2D eigenvalue weighted by atomic mass is 9.71. The molecule has 0 spiro atoms. The van der Waals surface area contributed by atoms with Gasteiger partial charge in [0.2, 0.25) is 0 Å². The van der Waals surface area contributed by atoms with E-state index < -0.39 is 0 Å². The molecule has 0 saturated carbocycles. The second kappa shape index (κ2) is 11.1. The number of carbonyl (C=O) groups is 2. The second-order valence-corrected chi connectivity index (χ2v) is 12.8.